The maximum absolute atomic E-state index is 10.8. The molecule has 3 rings (SSSR count). The van der Waals surface area contributed by atoms with Gasteiger partial charge in [-0.1, -0.05) is 0 Å². The number of furan rings is 1. The second-order valence-electron chi connectivity index (χ2n) is 4.43. The Bertz CT molecular complexity index is 822. The molecule has 102 valence electrons. The van der Waals surface area contributed by atoms with Crippen LogP contribution in [-0.4, -0.2) is 15.6 Å². The molecule has 0 bridgehead atoms. The van der Waals surface area contributed by atoms with Gasteiger partial charge >= 0.3 is 5.97 Å². The average molecular weight is 278 g/mol. The third-order valence-corrected chi connectivity index (χ3v) is 3.15. The lowest BCUT2D eigenvalue weighted by Crippen LogP contribution is -1.97. The summed E-state index contributed by atoms with van der Waals surface area (Å²) >= 11 is 0. The molecule has 2 aromatic heterocycles. The molecule has 0 fully saturated rings. The fraction of sp³-hybridized carbons (Fsp3) is 0. The van der Waals surface area contributed by atoms with Crippen molar-refractivity contribution in [1.29, 1.82) is 5.26 Å². The van der Waals surface area contributed by atoms with E-state index in [1.165, 1.54) is 12.1 Å². The summed E-state index contributed by atoms with van der Waals surface area (Å²) in [5.41, 5.74) is 2.18. The Kier molecular flexibility index (Phi) is 3.05. The molecule has 5 nitrogen and oxygen atoms in total. The summed E-state index contributed by atoms with van der Waals surface area (Å²) in [5.74, 6) is -0.351. The first-order valence-electron chi connectivity index (χ1n) is 6.19. The SMILES string of the molecule is N#Cc1cn(-c2ccc(C(=O)O)cc2)cc1-c1ccco1. The number of carboxylic acids is 1. The highest BCUT2D eigenvalue weighted by atomic mass is 16.4. The maximum atomic E-state index is 10.8. The van der Waals surface area contributed by atoms with E-state index in [4.69, 9.17) is 9.52 Å². The van der Waals surface area contributed by atoms with Gasteiger partial charge in [0.05, 0.1) is 23.0 Å². The fourth-order valence-corrected chi connectivity index (χ4v) is 2.10. The van der Waals surface area contributed by atoms with Gasteiger partial charge in [-0.05, 0) is 36.4 Å². The first-order valence-corrected chi connectivity index (χ1v) is 6.19. The number of carbonyl (C=O) groups is 1. The van der Waals surface area contributed by atoms with E-state index in [2.05, 4.69) is 6.07 Å². The Labute approximate surface area is 120 Å². The minimum Gasteiger partial charge on any atom is -0.478 e. The average Bonchev–Trinajstić information content (AvgIpc) is 3.16. The van der Waals surface area contributed by atoms with Crippen LogP contribution >= 0.6 is 0 Å². The molecule has 0 saturated heterocycles. The van der Waals surface area contributed by atoms with Crippen LogP contribution in [-0.2, 0) is 0 Å². The van der Waals surface area contributed by atoms with Crippen LogP contribution < -0.4 is 0 Å². The van der Waals surface area contributed by atoms with Gasteiger partial charge in [-0.25, -0.2) is 4.79 Å². The summed E-state index contributed by atoms with van der Waals surface area (Å²) in [6, 6.07) is 12.1. The van der Waals surface area contributed by atoms with Crippen LogP contribution in [0.1, 0.15) is 15.9 Å². The lowest BCUT2D eigenvalue weighted by Gasteiger charge is -2.02. The van der Waals surface area contributed by atoms with Gasteiger partial charge < -0.3 is 14.1 Å². The topological polar surface area (TPSA) is 79.2 Å². The number of nitrogens with zero attached hydrogens (tertiary/aromatic N) is 2. The molecule has 0 aliphatic heterocycles. The van der Waals surface area contributed by atoms with Crippen LogP contribution in [0, 0.1) is 11.3 Å². The van der Waals surface area contributed by atoms with Gasteiger partial charge in [-0.15, -0.1) is 0 Å². The lowest BCUT2D eigenvalue weighted by atomic mass is 10.2. The fourth-order valence-electron chi connectivity index (χ4n) is 2.10. The Morgan fingerprint density at radius 2 is 1.95 bits per heavy atom. The molecule has 1 aromatic carbocycles. The molecule has 2 heterocycles. The largest absolute Gasteiger partial charge is 0.478 e. The molecule has 0 spiro atoms. The first-order chi connectivity index (χ1) is 10.2. The van der Waals surface area contributed by atoms with E-state index in [1.54, 1.807) is 47.5 Å². The normalized spacial score (nSPS) is 10.2. The molecule has 5 heteroatoms. The van der Waals surface area contributed by atoms with Gasteiger partial charge in [0.2, 0.25) is 0 Å². The van der Waals surface area contributed by atoms with E-state index in [0.717, 1.165) is 5.69 Å². The van der Waals surface area contributed by atoms with E-state index in [0.29, 0.717) is 16.9 Å². The summed E-state index contributed by atoms with van der Waals surface area (Å²) in [6.07, 6.45) is 5.02. The minimum absolute atomic E-state index is 0.220. The van der Waals surface area contributed by atoms with Crippen LogP contribution in [0.25, 0.3) is 17.0 Å². The zero-order chi connectivity index (χ0) is 14.8. The highest BCUT2D eigenvalue weighted by molar-refractivity contribution is 5.87. The van der Waals surface area contributed by atoms with Gasteiger partial charge in [0.25, 0.3) is 0 Å². The van der Waals surface area contributed by atoms with Crippen LogP contribution in [0.5, 0.6) is 0 Å². The van der Waals surface area contributed by atoms with Crippen molar-refractivity contribution in [2.24, 2.45) is 0 Å². The second kappa shape index (κ2) is 5.02. The zero-order valence-corrected chi connectivity index (χ0v) is 10.9. The van der Waals surface area contributed by atoms with E-state index in [-0.39, 0.29) is 5.56 Å². The predicted octanol–water partition coefficient (Wildman–Crippen LogP) is 3.31. The number of benzene rings is 1. The van der Waals surface area contributed by atoms with Gasteiger partial charge in [-0.2, -0.15) is 5.26 Å². The van der Waals surface area contributed by atoms with Crippen molar-refractivity contribution in [1.82, 2.24) is 4.57 Å². The van der Waals surface area contributed by atoms with Crippen LogP contribution in [0.4, 0.5) is 0 Å². The van der Waals surface area contributed by atoms with E-state index >= 15 is 0 Å². The molecule has 0 unspecified atom stereocenters. The van der Waals surface area contributed by atoms with Crippen molar-refractivity contribution < 1.29 is 14.3 Å². The molecule has 0 aliphatic rings. The predicted molar refractivity (Wildman–Crippen MR) is 75.1 cm³/mol. The highest BCUT2D eigenvalue weighted by Crippen LogP contribution is 2.26. The molecule has 0 amide bonds. The van der Waals surface area contributed by atoms with Gasteiger partial charge in [0, 0.05) is 18.1 Å². The monoisotopic (exact) mass is 278 g/mol. The quantitative estimate of drug-likeness (QED) is 0.797. The first kappa shape index (κ1) is 12.8. The van der Waals surface area contributed by atoms with Crippen molar-refractivity contribution in [2.45, 2.75) is 0 Å². The summed E-state index contributed by atoms with van der Waals surface area (Å²) in [5, 5.41) is 18.1. The van der Waals surface area contributed by atoms with E-state index < -0.39 is 5.97 Å². The van der Waals surface area contributed by atoms with Crippen molar-refractivity contribution >= 4 is 5.97 Å². The summed E-state index contributed by atoms with van der Waals surface area (Å²) in [7, 11) is 0. The van der Waals surface area contributed by atoms with E-state index in [1.807, 2.05) is 0 Å². The number of nitriles is 1. The molecule has 0 aliphatic carbocycles. The molecule has 1 N–H and O–H groups in total. The van der Waals surface area contributed by atoms with Gasteiger partial charge in [-0.3, -0.25) is 0 Å². The van der Waals surface area contributed by atoms with Crippen LogP contribution in [0.3, 0.4) is 0 Å². The van der Waals surface area contributed by atoms with E-state index in [9.17, 15) is 10.1 Å². The van der Waals surface area contributed by atoms with Crippen molar-refractivity contribution in [3.05, 3.63) is 66.2 Å². The second-order valence-corrected chi connectivity index (χ2v) is 4.43. The Hall–Kier alpha value is -3.26. The number of hydrogen-bond acceptors (Lipinski definition) is 3. The van der Waals surface area contributed by atoms with Crippen LogP contribution in [0.15, 0.2) is 59.5 Å². The Balaban J connectivity index is 2.04. The van der Waals surface area contributed by atoms with Gasteiger partial charge in [0.1, 0.15) is 11.8 Å². The molecule has 21 heavy (non-hydrogen) atoms. The summed E-state index contributed by atoms with van der Waals surface area (Å²) in [4.78, 5) is 10.8. The lowest BCUT2D eigenvalue weighted by molar-refractivity contribution is 0.0697. The van der Waals surface area contributed by atoms with Crippen molar-refractivity contribution in [2.75, 3.05) is 0 Å². The number of rotatable bonds is 3. The standard InChI is InChI=1S/C16H10N2O3/c17-8-12-9-18(10-14(12)15-2-1-7-21-15)13-5-3-11(4-6-13)16(19)20/h1-7,9-10H,(H,19,20). The number of carboxylic acid groups (broad SMARTS) is 1. The third-order valence-electron chi connectivity index (χ3n) is 3.15. The van der Waals surface area contributed by atoms with Crippen molar-refractivity contribution in [3.63, 3.8) is 0 Å². The number of hydrogen-bond donors (Lipinski definition) is 1. The molecule has 0 radical (unpaired) electrons. The van der Waals surface area contributed by atoms with Crippen molar-refractivity contribution in [3.8, 4) is 23.1 Å². The maximum Gasteiger partial charge on any atom is 0.335 e. The molecular weight excluding hydrogens is 268 g/mol. The number of aromatic carboxylic acids is 1. The summed E-state index contributed by atoms with van der Waals surface area (Å²) < 4.78 is 7.09. The van der Waals surface area contributed by atoms with Crippen LogP contribution in [0.2, 0.25) is 0 Å². The zero-order valence-electron chi connectivity index (χ0n) is 10.9. The molecule has 3 aromatic rings. The van der Waals surface area contributed by atoms with Gasteiger partial charge in [0.15, 0.2) is 0 Å². The highest BCUT2D eigenvalue weighted by Gasteiger charge is 2.12. The molecule has 0 atom stereocenters. The Morgan fingerprint density at radius 1 is 1.19 bits per heavy atom. The molecule has 0 saturated carbocycles. The Morgan fingerprint density at radius 3 is 2.52 bits per heavy atom. The smallest absolute Gasteiger partial charge is 0.335 e. The number of aromatic nitrogens is 1. The molecular formula is C16H10N2O3. The third kappa shape index (κ3) is 2.30. The summed E-state index contributed by atoms with van der Waals surface area (Å²) in [6.45, 7) is 0. The minimum atomic E-state index is -0.969.